The lowest BCUT2D eigenvalue weighted by Gasteiger charge is -2.34. The van der Waals surface area contributed by atoms with Crippen LogP contribution in [0.2, 0.25) is 0 Å². The van der Waals surface area contributed by atoms with Crippen LogP contribution in [0, 0.1) is 5.92 Å². The second kappa shape index (κ2) is 7.24. The first-order valence-electron chi connectivity index (χ1n) is 7.65. The number of hydrogen-bond donors (Lipinski definition) is 1. The Bertz CT molecular complexity index is 597. The quantitative estimate of drug-likeness (QED) is 0.831. The predicted octanol–water partition coefficient (Wildman–Crippen LogP) is 1.75. The lowest BCUT2D eigenvalue weighted by molar-refractivity contribution is -0.134. The molecule has 1 N–H and O–H groups in total. The smallest absolute Gasteiger partial charge is 0.240 e. The van der Waals surface area contributed by atoms with E-state index in [1.807, 2.05) is 30.3 Å². The Morgan fingerprint density at radius 3 is 2.45 bits per heavy atom. The standard InChI is InChI=1S/C16H24N2O3S/c1-13(17-22(2,20)21)16(19)18(12-15-9-6-10-15)11-14-7-4-3-5-8-14/h3-5,7-8,13,15,17H,6,9-12H2,1-2H3. The van der Waals surface area contributed by atoms with Crippen molar-refractivity contribution in [1.29, 1.82) is 0 Å². The summed E-state index contributed by atoms with van der Waals surface area (Å²) in [4.78, 5) is 14.4. The monoisotopic (exact) mass is 324 g/mol. The van der Waals surface area contributed by atoms with Crippen molar-refractivity contribution >= 4 is 15.9 Å². The fourth-order valence-electron chi connectivity index (χ4n) is 2.67. The van der Waals surface area contributed by atoms with Crippen molar-refractivity contribution in [2.75, 3.05) is 12.8 Å². The van der Waals surface area contributed by atoms with E-state index in [4.69, 9.17) is 0 Å². The summed E-state index contributed by atoms with van der Waals surface area (Å²) in [7, 11) is -3.39. The number of sulfonamides is 1. The van der Waals surface area contributed by atoms with Crippen LogP contribution in [0.4, 0.5) is 0 Å². The molecule has 0 radical (unpaired) electrons. The summed E-state index contributed by atoms with van der Waals surface area (Å²) in [6.07, 6.45) is 4.58. The molecule has 5 nitrogen and oxygen atoms in total. The molecule has 0 bridgehead atoms. The lowest BCUT2D eigenvalue weighted by Crippen LogP contribution is -2.48. The Hall–Kier alpha value is -1.40. The second-order valence-electron chi connectivity index (χ2n) is 6.11. The highest BCUT2D eigenvalue weighted by Crippen LogP contribution is 2.27. The molecule has 22 heavy (non-hydrogen) atoms. The van der Waals surface area contributed by atoms with Crippen LogP contribution in [0.25, 0.3) is 0 Å². The van der Waals surface area contributed by atoms with Crippen LogP contribution in [0.1, 0.15) is 31.7 Å². The molecule has 122 valence electrons. The molecule has 6 heteroatoms. The normalized spacial score (nSPS) is 16.8. The molecule has 1 aromatic rings. The van der Waals surface area contributed by atoms with Gasteiger partial charge in [0.25, 0.3) is 0 Å². The van der Waals surface area contributed by atoms with Gasteiger partial charge < -0.3 is 4.90 Å². The van der Waals surface area contributed by atoms with Gasteiger partial charge in [-0.05, 0) is 31.2 Å². The Balaban J connectivity index is 2.07. The summed E-state index contributed by atoms with van der Waals surface area (Å²) >= 11 is 0. The molecule has 1 saturated carbocycles. The number of hydrogen-bond acceptors (Lipinski definition) is 3. The molecular weight excluding hydrogens is 300 g/mol. The van der Waals surface area contributed by atoms with E-state index < -0.39 is 16.1 Å². The summed E-state index contributed by atoms with van der Waals surface area (Å²) in [5, 5.41) is 0. The van der Waals surface area contributed by atoms with E-state index in [1.165, 1.54) is 6.42 Å². The van der Waals surface area contributed by atoms with Gasteiger partial charge in [-0.2, -0.15) is 0 Å². The van der Waals surface area contributed by atoms with Gasteiger partial charge in [0.2, 0.25) is 15.9 Å². The average Bonchev–Trinajstić information content (AvgIpc) is 2.39. The zero-order chi connectivity index (χ0) is 16.2. The first kappa shape index (κ1) is 17.0. The minimum atomic E-state index is -3.39. The van der Waals surface area contributed by atoms with Gasteiger partial charge in [-0.3, -0.25) is 4.79 Å². The van der Waals surface area contributed by atoms with Crippen LogP contribution in [0.3, 0.4) is 0 Å². The molecular formula is C16H24N2O3S. The maximum atomic E-state index is 12.6. The van der Waals surface area contributed by atoms with Crippen LogP contribution in [-0.4, -0.2) is 38.1 Å². The summed E-state index contributed by atoms with van der Waals surface area (Å²) in [6.45, 7) is 2.82. The zero-order valence-corrected chi connectivity index (χ0v) is 14.0. The minimum absolute atomic E-state index is 0.166. The molecule has 0 aromatic heterocycles. The third kappa shape index (κ3) is 5.10. The van der Waals surface area contributed by atoms with Crippen LogP contribution in [0.15, 0.2) is 30.3 Å². The summed E-state index contributed by atoms with van der Waals surface area (Å²) in [5.74, 6) is 0.374. The molecule has 1 amide bonds. The van der Waals surface area contributed by atoms with Crippen molar-refractivity contribution in [3.8, 4) is 0 Å². The Kier molecular flexibility index (Phi) is 5.58. The number of nitrogens with zero attached hydrogens (tertiary/aromatic N) is 1. The van der Waals surface area contributed by atoms with E-state index >= 15 is 0 Å². The van der Waals surface area contributed by atoms with Crippen molar-refractivity contribution in [1.82, 2.24) is 9.62 Å². The molecule has 1 aliphatic rings. The number of nitrogens with one attached hydrogen (secondary N) is 1. The van der Waals surface area contributed by atoms with Crippen molar-refractivity contribution in [2.45, 2.75) is 38.8 Å². The van der Waals surface area contributed by atoms with Gasteiger partial charge in [-0.15, -0.1) is 0 Å². The minimum Gasteiger partial charge on any atom is -0.337 e. The Morgan fingerprint density at radius 1 is 1.32 bits per heavy atom. The van der Waals surface area contributed by atoms with E-state index in [1.54, 1.807) is 11.8 Å². The van der Waals surface area contributed by atoms with Crippen LogP contribution in [0.5, 0.6) is 0 Å². The largest absolute Gasteiger partial charge is 0.337 e. The van der Waals surface area contributed by atoms with Crippen molar-refractivity contribution in [2.24, 2.45) is 5.92 Å². The lowest BCUT2D eigenvalue weighted by atomic mass is 9.85. The second-order valence-corrected chi connectivity index (χ2v) is 7.89. The Labute approximate surface area is 132 Å². The van der Waals surface area contributed by atoms with Gasteiger partial charge in [0, 0.05) is 13.1 Å². The maximum Gasteiger partial charge on any atom is 0.240 e. The molecule has 0 saturated heterocycles. The van der Waals surface area contributed by atoms with Gasteiger partial charge in [-0.25, -0.2) is 13.1 Å². The fourth-order valence-corrected chi connectivity index (χ4v) is 3.41. The number of benzene rings is 1. The van der Waals surface area contributed by atoms with Gasteiger partial charge >= 0.3 is 0 Å². The van der Waals surface area contributed by atoms with Crippen LogP contribution < -0.4 is 4.72 Å². The third-order valence-electron chi connectivity index (χ3n) is 3.99. The maximum absolute atomic E-state index is 12.6. The summed E-state index contributed by atoms with van der Waals surface area (Å²) in [5.41, 5.74) is 1.06. The molecule has 1 fully saturated rings. The summed E-state index contributed by atoms with van der Waals surface area (Å²) in [6, 6.07) is 9.05. The number of amides is 1. The van der Waals surface area contributed by atoms with Crippen molar-refractivity contribution in [3.63, 3.8) is 0 Å². The van der Waals surface area contributed by atoms with Crippen LogP contribution >= 0.6 is 0 Å². The van der Waals surface area contributed by atoms with E-state index in [-0.39, 0.29) is 5.91 Å². The highest BCUT2D eigenvalue weighted by atomic mass is 32.2. The molecule has 2 rings (SSSR count). The first-order valence-corrected chi connectivity index (χ1v) is 9.54. The van der Waals surface area contributed by atoms with Gasteiger partial charge in [0.05, 0.1) is 12.3 Å². The fraction of sp³-hybridized carbons (Fsp3) is 0.562. The first-order chi connectivity index (χ1) is 10.3. The predicted molar refractivity (Wildman–Crippen MR) is 86.6 cm³/mol. The van der Waals surface area contributed by atoms with Crippen molar-refractivity contribution < 1.29 is 13.2 Å². The van der Waals surface area contributed by atoms with Gasteiger partial charge in [-0.1, -0.05) is 36.8 Å². The van der Waals surface area contributed by atoms with E-state index in [0.29, 0.717) is 19.0 Å². The number of carbonyl (C=O) groups excluding carboxylic acids is 1. The van der Waals surface area contributed by atoms with Gasteiger partial charge in [0.1, 0.15) is 0 Å². The van der Waals surface area contributed by atoms with E-state index in [9.17, 15) is 13.2 Å². The molecule has 1 aromatic carbocycles. The Morgan fingerprint density at radius 2 is 1.95 bits per heavy atom. The highest BCUT2D eigenvalue weighted by Gasteiger charge is 2.27. The van der Waals surface area contributed by atoms with E-state index in [0.717, 1.165) is 24.7 Å². The van der Waals surface area contributed by atoms with Crippen molar-refractivity contribution in [3.05, 3.63) is 35.9 Å². The molecule has 1 aliphatic carbocycles. The molecule has 0 spiro atoms. The topological polar surface area (TPSA) is 66.5 Å². The SMILES string of the molecule is CC(NS(C)(=O)=O)C(=O)N(Cc1ccccc1)CC1CCC1. The number of rotatable bonds is 7. The third-order valence-corrected chi connectivity index (χ3v) is 4.77. The van der Waals surface area contributed by atoms with Crippen LogP contribution in [-0.2, 0) is 21.4 Å². The molecule has 0 heterocycles. The van der Waals surface area contributed by atoms with Gasteiger partial charge in [0.15, 0.2) is 0 Å². The molecule has 0 aliphatic heterocycles. The van der Waals surface area contributed by atoms with E-state index in [2.05, 4.69) is 4.72 Å². The molecule has 1 atom stereocenters. The zero-order valence-electron chi connectivity index (χ0n) is 13.2. The summed E-state index contributed by atoms with van der Waals surface area (Å²) < 4.78 is 25.0. The average molecular weight is 324 g/mol. The highest BCUT2D eigenvalue weighted by molar-refractivity contribution is 7.88. The number of carbonyl (C=O) groups is 1. The molecule has 1 unspecified atom stereocenters.